The molecule has 0 N–H and O–H groups in total. The predicted octanol–water partition coefficient (Wildman–Crippen LogP) is 15.3. The Morgan fingerprint density at radius 2 is 1.00 bits per heavy atom. The van der Waals surface area contributed by atoms with Gasteiger partial charge in [-0.15, -0.1) is 0 Å². The zero-order chi connectivity index (χ0) is 38.0. The van der Waals surface area contributed by atoms with E-state index < -0.39 is 5.41 Å². The number of furan rings is 1. The molecule has 3 heteroatoms. The Kier molecular flexibility index (Phi) is 6.62. The second kappa shape index (κ2) is 12.0. The van der Waals surface area contributed by atoms with Gasteiger partial charge in [-0.05, 0) is 103 Å². The molecule has 11 aromatic rings. The molecule has 0 fully saturated rings. The lowest BCUT2D eigenvalue weighted by Gasteiger charge is -2.46. The van der Waals surface area contributed by atoms with Crippen LogP contribution >= 0.6 is 11.8 Å². The molecule has 0 amide bonds. The van der Waals surface area contributed by atoms with Crippen molar-refractivity contribution in [2.45, 2.75) is 15.2 Å². The molecule has 1 spiro atoms. The average molecular weight is 756 g/mol. The van der Waals surface area contributed by atoms with Gasteiger partial charge in [0.25, 0.3) is 0 Å². The molecule has 0 saturated carbocycles. The van der Waals surface area contributed by atoms with E-state index in [1.165, 1.54) is 70.1 Å². The molecule has 2 nitrogen and oxygen atoms in total. The van der Waals surface area contributed by atoms with E-state index in [9.17, 15) is 0 Å². The van der Waals surface area contributed by atoms with Crippen LogP contribution in [0.2, 0.25) is 0 Å². The highest BCUT2D eigenvalue weighted by molar-refractivity contribution is 7.99. The van der Waals surface area contributed by atoms with Gasteiger partial charge in [-0.1, -0.05) is 157 Å². The highest BCUT2D eigenvalue weighted by Crippen LogP contribution is 2.62. The van der Waals surface area contributed by atoms with Crippen molar-refractivity contribution in [1.82, 2.24) is 0 Å². The Morgan fingerprint density at radius 3 is 1.83 bits per heavy atom. The van der Waals surface area contributed by atoms with Crippen LogP contribution in [-0.4, -0.2) is 0 Å². The van der Waals surface area contributed by atoms with E-state index in [0.717, 1.165) is 44.4 Å². The van der Waals surface area contributed by atoms with Crippen molar-refractivity contribution in [3.8, 4) is 11.1 Å². The summed E-state index contributed by atoms with van der Waals surface area (Å²) in [5.41, 5.74) is 12.3. The second-order valence-corrected chi connectivity index (χ2v) is 16.6. The van der Waals surface area contributed by atoms with Crippen LogP contribution in [0.1, 0.15) is 22.3 Å². The standard InChI is InChI=1S/C55H33NOS/c1-3-17-39-34(12-1)14-11-23-49(39)56(38-28-31-42-44-29-26-35-13-2-4-18-40(35)54(44)57-50(42)33-38)37-27-30-41-43-19-9-15-36-16-10-22-47(53(36)43)55(48(41)32-37)45-20-5-7-24-51(45)58-52-25-8-6-21-46(52)55/h1-33H. The van der Waals surface area contributed by atoms with Crippen LogP contribution in [0.5, 0.6) is 0 Å². The van der Waals surface area contributed by atoms with Gasteiger partial charge in [0.1, 0.15) is 11.2 Å². The molecule has 2 heterocycles. The van der Waals surface area contributed by atoms with Crippen molar-refractivity contribution in [1.29, 1.82) is 0 Å². The first-order valence-corrected chi connectivity index (χ1v) is 20.7. The lowest BCUT2D eigenvalue weighted by Crippen LogP contribution is -2.36. The molecule has 1 aromatic heterocycles. The van der Waals surface area contributed by atoms with Gasteiger partial charge in [0.05, 0.1) is 11.1 Å². The molecule has 58 heavy (non-hydrogen) atoms. The zero-order valence-electron chi connectivity index (χ0n) is 31.3. The van der Waals surface area contributed by atoms with E-state index in [1.54, 1.807) is 0 Å². The highest BCUT2D eigenvalue weighted by atomic mass is 32.2. The van der Waals surface area contributed by atoms with Crippen LogP contribution in [-0.2, 0) is 5.41 Å². The molecule has 0 atom stereocenters. The first kappa shape index (κ1) is 32.1. The van der Waals surface area contributed by atoms with Crippen molar-refractivity contribution in [3.63, 3.8) is 0 Å². The summed E-state index contributed by atoms with van der Waals surface area (Å²) in [6.45, 7) is 0. The molecule has 2 aliphatic rings. The molecular weight excluding hydrogens is 723 g/mol. The Hall–Kier alpha value is -7.07. The summed E-state index contributed by atoms with van der Waals surface area (Å²) in [5.74, 6) is 0. The maximum Gasteiger partial charge on any atom is 0.143 e. The molecule has 270 valence electrons. The van der Waals surface area contributed by atoms with Crippen LogP contribution in [0.15, 0.2) is 214 Å². The normalized spacial score (nSPS) is 13.6. The van der Waals surface area contributed by atoms with Gasteiger partial charge in [0.15, 0.2) is 0 Å². The Bertz CT molecular complexity index is 3470. The zero-order valence-corrected chi connectivity index (χ0v) is 32.1. The maximum atomic E-state index is 6.82. The summed E-state index contributed by atoms with van der Waals surface area (Å²) >= 11 is 1.88. The van der Waals surface area contributed by atoms with E-state index in [0.29, 0.717) is 0 Å². The minimum Gasteiger partial charge on any atom is -0.455 e. The van der Waals surface area contributed by atoms with Crippen LogP contribution < -0.4 is 4.90 Å². The number of benzene rings is 10. The highest BCUT2D eigenvalue weighted by Gasteiger charge is 2.48. The number of rotatable bonds is 3. The molecule has 13 rings (SSSR count). The molecule has 0 saturated heterocycles. The van der Waals surface area contributed by atoms with Crippen LogP contribution in [0.4, 0.5) is 17.1 Å². The number of hydrogen-bond donors (Lipinski definition) is 0. The summed E-state index contributed by atoms with van der Waals surface area (Å²) in [5, 5.41) is 9.53. The first-order chi connectivity index (χ1) is 28.8. The van der Waals surface area contributed by atoms with Crippen molar-refractivity contribution in [2.75, 3.05) is 4.90 Å². The minimum atomic E-state index is -0.550. The van der Waals surface area contributed by atoms with Gasteiger partial charge in [-0.2, -0.15) is 0 Å². The largest absolute Gasteiger partial charge is 0.455 e. The molecular formula is C55H33NOS. The van der Waals surface area contributed by atoms with E-state index in [4.69, 9.17) is 4.42 Å². The van der Waals surface area contributed by atoms with E-state index >= 15 is 0 Å². The number of anilines is 3. The quantitative estimate of drug-likeness (QED) is 0.179. The van der Waals surface area contributed by atoms with Crippen LogP contribution in [0.3, 0.4) is 0 Å². The van der Waals surface area contributed by atoms with E-state index in [2.05, 4.69) is 205 Å². The topological polar surface area (TPSA) is 16.4 Å². The van der Waals surface area contributed by atoms with Crippen molar-refractivity contribution >= 4 is 83.1 Å². The monoisotopic (exact) mass is 755 g/mol. The lowest BCUT2D eigenvalue weighted by molar-refractivity contribution is 0.672. The summed E-state index contributed by atoms with van der Waals surface area (Å²) in [4.78, 5) is 5.03. The molecule has 1 aliphatic heterocycles. The van der Waals surface area contributed by atoms with Gasteiger partial charge < -0.3 is 9.32 Å². The summed E-state index contributed by atoms with van der Waals surface area (Å²) < 4.78 is 6.82. The first-order valence-electron chi connectivity index (χ1n) is 19.9. The van der Waals surface area contributed by atoms with Crippen molar-refractivity contribution < 1.29 is 4.42 Å². The predicted molar refractivity (Wildman–Crippen MR) is 242 cm³/mol. The van der Waals surface area contributed by atoms with Crippen molar-refractivity contribution in [3.05, 3.63) is 222 Å². The van der Waals surface area contributed by atoms with Gasteiger partial charge in [-0.3, -0.25) is 0 Å². The smallest absolute Gasteiger partial charge is 0.143 e. The number of fused-ring (bicyclic) bond motifs is 14. The van der Waals surface area contributed by atoms with Gasteiger partial charge >= 0.3 is 0 Å². The van der Waals surface area contributed by atoms with Crippen LogP contribution in [0.25, 0.3) is 65.4 Å². The molecule has 0 radical (unpaired) electrons. The van der Waals surface area contributed by atoms with Gasteiger partial charge in [0.2, 0.25) is 0 Å². The van der Waals surface area contributed by atoms with Crippen LogP contribution in [0, 0.1) is 0 Å². The molecule has 1 aliphatic carbocycles. The third kappa shape index (κ3) is 4.29. The summed E-state index contributed by atoms with van der Waals surface area (Å²) in [6, 6.07) is 74.0. The fourth-order valence-corrected chi connectivity index (χ4v) is 11.5. The fourth-order valence-electron chi connectivity index (χ4n) is 10.3. The number of nitrogens with zero attached hydrogens (tertiary/aromatic N) is 1. The minimum absolute atomic E-state index is 0.550. The SMILES string of the molecule is c1ccc2c(c1)Sc1ccccc1C21c2cc(N(c3ccc4c(c3)oc3c5ccccc5ccc43)c3cccc4ccccc34)ccc2-c2cccc3cccc1c23. The second-order valence-electron chi connectivity index (χ2n) is 15.6. The molecule has 0 bridgehead atoms. The summed E-state index contributed by atoms with van der Waals surface area (Å²) in [7, 11) is 0. The third-order valence-corrected chi connectivity index (χ3v) is 13.8. The molecule has 10 aromatic carbocycles. The van der Waals surface area contributed by atoms with Gasteiger partial charge in [0, 0.05) is 48.8 Å². The summed E-state index contributed by atoms with van der Waals surface area (Å²) in [6.07, 6.45) is 0. The van der Waals surface area contributed by atoms with E-state index in [1.807, 2.05) is 11.8 Å². The lowest BCUT2D eigenvalue weighted by atomic mass is 9.59. The Labute approximate surface area is 339 Å². The van der Waals surface area contributed by atoms with Gasteiger partial charge in [-0.25, -0.2) is 0 Å². The van der Waals surface area contributed by atoms with Crippen molar-refractivity contribution in [2.24, 2.45) is 0 Å². The fraction of sp³-hybridized carbons (Fsp3) is 0.0182. The molecule has 0 unspecified atom stereocenters. The maximum absolute atomic E-state index is 6.82. The Balaban J connectivity index is 1.13. The third-order valence-electron chi connectivity index (χ3n) is 12.7. The number of hydrogen-bond acceptors (Lipinski definition) is 3. The Morgan fingerprint density at radius 1 is 0.397 bits per heavy atom. The average Bonchev–Trinajstić information content (AvgIpc) is 3.66. The van der Waals surface area contributed by atoms with E-state index in [-0.39, 0.29) is 0 Å².